The van der Waals surface area contributed by atoms with Gasteiger partial charge in [-0.1, -0.05) is 11.6 Å². The maximum atomic E-state index is 7.25. The maximum Gasteiger partial charge on any atom is 0.233 e. The third-order valence-electron chi connectivity index (χ3n) is 1.18. The molecule has 0 radical (unpaired) electrons. The maximum absolute atomic E-state index is 7.25. The molecule has 3 nitrogen and oxygen atoms in total. The first-order valence-electron chi connectivity index (χ1n) is 2.99. The highest BCUT2D eigenvalue weighted by molar-refractivity contribution is 6.33. The van der Waals surface area contributed by atoms with E-state index in [-0.39, 0.29) is 5.90 Å². The molecule has 0 saturated carbocycles. The second-order valence-corrected chi connectivity index (χ2v) is 2.27. The summed E-state index contributed by atoms with van der Waals surface area (Å²) in [6, 6.07) is 3.37. The van der Waals surface area contributed by atoms with Crippen LogP contribution in [-0.2, 0) is 4.74 Å². The molecule has 4 heteroatoms. The molecule has 1 aromatic heterocycles. The van der Waals surface area contributed by atoms with E-state index in [2.05, 4.69) is 9.72 Å². The van der Waals surface area contributed by atoms with Crippen LogP contribution in [0.3, 0.4) is 0 Å². The molecule has 0 spiro atoms. The van der Waals surface area contributed by atoms with Crippen molar-refractivity contribution in [2.75, 3.05) is 7.11 Å². The van der Waals surface area contributed by atoms with E-state index in [4.69, 9.17) is 17.0 Å². The Balaban J connectivity index is 3.03. The van der Waals surface area contributed by atoms with E-state index in [0.717, 1.165) is 0 Å². The molecule has 1 rings (SSSR count). The summed E-state index contributed by atoms with van der Waals surface area (Å²) in [4.78, 5) is 3.87. The van der Waals surface area contributed by atoms with Crippen molar-refractivity contribution in [3.05, 3.63) is 29.0 Å². The summed E-state index contributed by atoms with van der Waals surface area (Å²) in [6.45, 7) is 0. The summed E-state index contributed by atoms with van der Waals surface area (Å²) in [5.41, 5.74) is 0.372. The second kappa shape index (κ2) is 3.34. The zero-order valence-electron chi connectivity index (χ0n) is 5.97. The Bertz CT molecular complexity index is 275. The molecule has 1 heterocycles. The van der Waals surface area contributed by atoms with Crippen molar-refractivity contribution in [1.29, 1.82) is 5.41 Å². The Kier molecular flexibility index (Phi) is 2.44. The molecule has 0 aliphatic rings. The molecule has 0 bridgehead atoms. The zero-order chi connectivity index (χ0) is 8.27. The van der Waals surface area contributed by atoms with Crippen LogP contribution in [-0.4, -0.2) is 18.0 Å². The van der Waals surface area contributed by atoms with Crippen LogP contribution in [0.25, 0.3) is 0 Å². The molecule has 1 aromatic rings. The van der Waals surface area contributed by atoms with Crippen molar-refractivity contribution in [1.82, 2.24) is 4.98 Å². The van der Waals surface area contributed by atoms with Crippen LogP contribution in [0.4, 0.5) is 0 Å². The van der Waals surface area contributed by atoms with Gasteiger partial charge < -0.3 is 4.74 Å². The van der Waals surface area contributed by atoms with E-state index < -0.39 is 0 Å². The van der Waals surface area contributed by atoms with Crippen LogP contribution < -0.4 is 0 Å². The standard InChI is InChI=1S/C7H7ClN2O/c1-11-7(9)6-5(8)3-2-4-10-6/h2-4,9H,1H3. The summed E-state index contributed by atoms with van der Waals surface area (Å²) < 4.78 is 4.65. The van der Waals surface area contributed by atoms with Gasteiger partial charge in [0.2, 0.25) is 5.90 Å². The lowest BCUT2D eigenvalue weighted by atomic mass is 10.3. The highest BCUT2D eigenvalue weighted by Gasteiger charge is 2.05. The van der Waals surface area contributed by atoms with Crippen molar-refractivity contribution >= 4 is 17.5 Å². The SMILES string of the molecule is COC(=N)c1ncccc1Cl. The van der Waals surface area contributed by atoms with Crippen LogP contribution in [0.5, 0.6) is 0 Å². The summed E-state index contributed by atoms with van der Waals surface area (Å²) in [5.74, 6) is -0.0180. The molecule has 0 saturated heterocycles. The Hall–Kier alpha value is -1.09. The van der Waals surface area contributed by atoms with Crippen LogP contribution >= 0.6 is 11.6 Å². The lowest BCUT2D eigenvalue weighted by molar-refractivity contribution is 0.399. The number of aromatic nitrogens is 1. The fourth-order valence-corrected chi connectivity index (χ4v) is 0.857. The predicted molar refractivity (Wildman–Crippen MR) is 43.1 cm³/mol. The molecular formula is C7H7ClN2O. The third-order valence-corrected chi connectivity index (χ3v) is 1.48. The largest absolute Gasteiger partial charge is 0.480 e. The van der Waals surface area contributed by atoms with Gasteiger partial charge in [0, 0.05) is 6.20 Å². The van der Waals surface area contributed by atoms with Gasteiger partial charge in [-0.15, -0.1) is 0 Å². The minimum Gasteiger partial charge on any atom is -0.480 e. The molecular weight excluding hydrogens is 164 g/mol. The van der Waals surface area contributed by atoms with E-state index in [9.17, 15) is 0 Å². The molecule has 58 valence electrons. The second-order valence-electron chi connectivity index (χ2n) is 1.87. The van der Waals surface area contributed by atoms with Gasteiger partial charge in [-0.05, 0) is 12.1 Å². The lowest BCUT2D eigenvalue weighted by Gasteiger charge is -2.01. The fraction of sp³-hybridized carbons (Fsp3) is 0.143. The van der Waals surface area contributed by atoms with Gasteiger partial charge in [0.15, 0.2) is 0 Å². The highest BCUT2D eigenvalue weighted by Crippen LogP contribution is 2.12. The summed E-state index contributed by atoms with van der Waals surface area (Å²) in [5, 5.41) is 7.68. The molecule has 0 aliphatic heterocycles. The molecule has 0 aromatic carbocycles. The average molecular weight is 171 g/mol. The van der Waals surface area contributed by atoms with Gasteiger partial charge in [0.1, 0.15) is 5.69 Å². The van der Waals surface area contributed by atoms with Gasteiger partial charge in [-0.3, -0.25) is 5.41 Å². The number of nitrogens with one attached hydrogen (secondary N) is 1. The first kappa shape index (κ1) is 8.01. The molecule has 0 aliphatic carbocycles. The third kappa shape index (κ3) is 1.68. The zero-order valence-corrected chi connectivity index (χ0v) is 6.72. The van der Waals surface area contributed by atoms with Crippen molar-refractivity contribution in [2.45, 2.75) is 0 Å². The number of ether oxygens (including phenoxy) is 1. The van der Waals surface area contributed by atoms with E-state index in [1.165, 1.54) is 7.11 Å². The minimum absolute atomic E-state index is 0.0180. The van der Waals surface area contributed by atoms with Crippen LogP contribution in [0.2, 0.25) is 5.02 Å². The monoisotopic (exact) mass is 170 g/mol. The highest BCUT2D eigenvalue weighted by atomic mass is 35.5. The summed E-state index contributed by atoms with van der Waals surface area (Å²) >= 11 is 5.71. The average Bonchev–Trinajstić information content (AvgIpc) is 2.04. The van der Waals surface area contributed by atoms with Gasteiger partial charge in [0.05, 0.1) is 12.1 Å². The van der Waals surface area contributed by atoms with Gasteiger partial charge in [-0.25, -0.2) is 4.98 Å². The Morgan fingerprint density at radius 3 is 3.00 bits per heavy atom. The smallest absolute Gasteiger partial charge is 0.233 e. The van der Waals surface area contributed by atoms with Gasteiger partial charge in [0.25, 0.3) is 0 Å². The van der Waals surface area contributed by atoms with E-state index in [1.54, 1.807) is 18.3 Å². The van der Waals surface area contributed by atoms with Gasteiger partial charge >= 0.3 is 0 Å². The van der Waals surface area contributed by atoms with Crippen molar-refractivity contribution in [3.8, 4) is 0 Å². The Morgan fingerprint density at radius 2 is 2.45 bits per heavy atom. The van der Waals surface area contributed by atoms with E-state index in [1.807, 2.05) is 0 Å². The molecule has 0 fully saturated rings. The number of hydrogen-bond acceptors (Lipinski definition) is 3. The van der Waals surface area contributed by atoms with Crippen LogP contribution in [0, 0.1) is 5.41 Å². The van der Waals surface area contributed by atoms with E-state index >= 15 is 0 Å². The molecule has 0 unspecified atom stereocenters. The van der Waals surface area contributed by atoms with Crippen molar-refractivity contribution in [2.24, 2.45) is 0 Å². The van der Waals surface area contributed by atoms with Crippen molar-refractivity contribution < 1.29 is 4.74 Å². The first-order valence-corrected chi connectivity index (χ1v) is 3.37. The van der Waals surface area contributed by atoms with Crippen molar-refractivity contribution in [3.63, 3.8) is 0 Å². The minimum atomic E-state index is -0.0180. The van der Waals surface area contributed by atoms with Crippen LogP contribution in [0.15, 0.2) is 18.3 Å². The predicted octanol–water partition coefficient (Wildman–Crippen LogP) is 1.71. The van der Waals surface area contributed by atoms with E-state index in [0.29, 0.717) is 10.7 Å². The first-order chi connectivity index (χ1) is 5.25. The molecule has 0 atom stereocenters. The number of nitrogens with zero attached hydrogens (tertiary/aromatic N) is 1. The molecule has 11 heavy (non-hydrogen) atoms. The Labute approximate surface area is 69.5 Å². The molecule has 1 N–H and O–H groups in total. The normalized spacial score (nSPS) is 9.27. The molecule has 0 amide bonds. The fourth-order valence-electron chi connectivity index (χ4n) is 0.649. The number of halogens is 1. The summed E-state index contributed by atoms with van der Waals surface area (Å²) in [6.07, 6.45) is 1.56. The number of methoxy groups -OCH3 is 1. The number of rotatable bonds is 1. The summed E-state index contributed by atoms with van der Waals surface area (Å²) in [7, 11) is 1.41. The Morgan fingerprint density at radius 1 is 1.73 bits per heavy atom. The lowest BCUT2D eigenvalue weighted by Crippen LogP contribution is -2.04. The quantitative estimate of drug-likeness (QED) is 0.515. The van der Waals surface area contributed by atoms with Gasteiger partial charge in [-0.2, -0.15) is 0 Å². The number of pyridine rings is 1. The van der Waals surface area contributed by atoms with Crippen LogP contribution in [0.1, 0.15) is 5.69 Å². The topological polar surface area (TPSA) is 46.0 Å². The number of hydrogen-bond donors (Lipinski definition) is 1.